The summed E-state index contributed by atoms with van der Waals surface area (Å²) in [6.45, 7) is 4.13. The van der Waals surface area contributed by atoms with Gasteiger partial charge in [-0.2, -0.15) is 0 Å². The van der Waals surface area contributed by atoms with Crippen LogP contribution in [0.1, 0.15) is 16.8 Å². The largest absolute Gasteiger partial charge is 0.366 e. The van der Waals surface area contributed by atoms with Gasteiger partial charge in [0.15, 0.2) is 5.11 Å². The van der Waals surface area contributed by atoms with Gasteiger partial charge >= 0.3 is 0 Å². The van der Waals surface area contributed by atoms with Crippen molar-refractivity contribution in [1.82, 2.24) is 15.2 Å². The first-order chi connectivity index (χ1) is 9.19. The smallest absolute Gasteiger partial charge is 0.168 e. The van der Waals surface area contributed by atoms with E-state index in [1.54, 1.807) is 0 Å². The fraction of sp³-hybridized carbons (Fsp3) is 0.400. The minimum atomic E-state index is 0.852. The molecular formula is C15H19N3S. The van der Waals surface area contributed by atoms with Crippen LogP contribution in [0.15, 0.2) is 18.2 Å². The molecule has 2 N–H and O–H groups in total. The number of hydrogen-bond acceptors (Lipinski definition) is 1. The number of thiocarbonyl (C=S) groups is 1. The SMILES string of the molecule is CNC(=S)N1CCc2[nH]c3ccc(C)cc3c2CC1. The Bertz CT molecular complexity index is 630. The molecule has 0 unspecified atom stereocenters. The van der Waals surface area contributed by atoms with Gasteiger partial charge in [0.1, 0.15) is 0 Å². The van der Waals surface area contributed by atoms with Gasteiger partial charge in [0.25, 0.3) is 0 Å². The van der Waals surface area contributed by atoms with Gasteiger partial charge in [0, 0.05) is 43.2 Å². The summed E-state index contributed by atoms with van der Waals surface area (Å²) >= 11 is 5.34. The molecule has 1 aromatic heterocycles. The highest BCUT2D eigenvalue weighted by Gasteiger charge is 2.19. The predicted octanol–water partition coefficient (Wildman–Crippen LogP) is 2.38. The van der Waals surface area contributed by atoms with Gasteiger partial charge in [0.2, 0.25) is 0 Å². The fourth-order valence-electron chi connectivity index (χ4n) is 2.88. The minimum Gasteiger partial charge on any atom is -0.366 e. The van der Waals surface area contributed by atoms with E-state index in [-0.39, 0.29) is 0 Å². The molecule has 3 nitrogen and oxygen atoms in total. The topological polar surface area (TPSA) is 31.1 Å². The second-order valence-electron chi connectivity index (χ2n) is 5.17. The van der Waals surface area contributed by atoms with Gasteiger partial charge < -0.3 is 15.2 Å². The molecule has 2 aromatic rings. The normalized spacial score (nSPS) is 15.2. The Hall–Kier alpha value is -1.55. The van der Waals surface area contributed by atoms with Crippen LogP contribution in [0.2, 0.25) is 0 Å². The van der Waals surface area contributed by atoms with Crippen LogP contribution in [-0.4, -0.2) is 35.1 Å². The number of fused-ring (bicyclic) bond motifs is 3. The third kappa shape index (κ3) is 2.21. The zero-order chi connectivity index (χ0) is 13.4. The summed E-state index contributed by atoms with van der Waals surface area (Å²) in [6, 6.07) is 6.65. The molecule has 4 heteroatoms. The molecule has 0 bridgehead atoms. The Kier molecular flexibility index (Phi) is 3.19. The molecule has 19 heavy (non-hydrogen) atoms. The number of benzene rings is 1. The van der Waals surface area contributed by atoms with Crippen molar-refractivity contribution >= 4 is 28.2 Å². The van der Waals surface area contributed by atoms with Crippen LogP contribution in [0, 0.1) is 6.92 Å². The molecule has 1 aliphatic heterocycles. The second kappa shape index (κ2) is 4.85. The van der Waals surface area contributed by atoms with E-state index in [4.69, 9.17) is 12.2 Å². The zero-order valence-corrected chi connectivity index (χ0v) is 12.2. The van der Waals surface area contributed by atoms with E-state index in [0.29, 0.717) is 0 Å². The van der Waals surface area contributed by atoms with Crippen molar-refractivity contribution in [2.75, 3.05) is 20.1 Å². The monoisotopic (exact) mass is 273 g/mol. The summed E-state index contributed by atoms with van der Waals surface area (Å²) in [4.78, 5) is 5.83. The van der Waals surface area contributed by atoms with Crippen molar-refractivity contribution in [3.8, 4) is 0 Å². The quantitative estimate of drug-likeness (QED) is 0.723. The number of nitrogens with one attached hydrogen (secondary N) is 2. The maximum atomic E-state index is 5.34. The molecule has 0 atom stereocenters. The number of nitrogens with zero attached hydrogens (tertiary/aromatic N) is 1. The maximum absolute atomic E-state index is 5.34. The first kappa shape index (κ1) is 12.5. The first-order valence-electron chi connectivity index (χ1n) is 6.76. The number of aryl methyl sites for hydroxylation is 1. The minimum absolute atomic E-state index is 0.852. The van der Waals surface area contributed by atoms with Crippen LogP contribution in [0.25, 0.3) is 10.9 Å². The lowest BCUT2D eigenvalue weighted by Crippen LogP contribution is -2.39. The summed E-state index contributed by atoms with van der Waals surface area (Å²) in [5, 5.41) is 5.31. The van der Waals surface area contributed by atoms with Crippen molar-refractivity contribution in [2.24, 2.45) is 0 Å². The zero-order valence-electron chi connectivity index (χ0n) is 11.4. The Balaban J connectivity index is 1.96. The van der Waals surface area contributed by atoms with Crippen molar-refractivity contribution < 1.29 is 0 Å². The summed E-state index contributed by atoms with van der Waals surface area (Å²) in [6.07, 6.45) is 2.09. The van der Waals surface area contributed by atoms with Crippen LogP contribution in [0.5, 0.6) is 0 Å². The molecule has 0 saturated carbocycles. The number of aromatic nitrogens is 1. The molecule has 3 rings (SSSR count). The third-order valence-electron chi connectivity index (χ3n) is 3.91. The second-order valence-corrected chi connectivity index (χ2v) is 5.56. The van der Waals surface area contributed by atoms with Gasteiger partial charge in [-0.3, -0.25) is 0 Å². The molecule has 0 fully saturated rings. The average Bonchev–Trinajstić information content (AvgIpc) is 2.62. The molecule has 2 heterocycles. The Labute approximate surface area is 119 Å². The molecule has 100 valence electrons. The van der Waals surface area contributed by atoms with Gasteiger partial charge in [-0.05, 0) is 43.3 Å². The van der Waals surface area contributed by atoms with E-state index in [9.17, 15) is 0 Å². The Morgan fingerprint density at radius 2 is 2.11 bits per heavy atom. The van der Waals surface area contributed by atoms with Crippen LogP contribution >= 0.6 is 12.2 Å². The molecule has 0 amide bonds. The highest BCUT2D eigenvalue weighted by Crippen LogP contribution is 2.26. The van der Waals surface area contributed by atoms with E-state index >= 15 is 0 Å². The van der Waals surface area contributed by atoms with Crippen molar-refractivity contribution in [3.63, 3.8) is 0 Å². The van der Waals surface area contributed by atoms with Crippen LogP contribution in [0.3, 0.4) is 0 Å². The van der Waals surface area contributed by atoms with Gasteiger partial charge in [-0.15, -0.1) is 0 Å². The summed E-state index contributed by atoms with van der Waals surface area (Å²) < 4.78 is 0. The van der Waals surface area contributed by atoms with Crippen molar-refractivity contribution in [1.29, 1.82) is 0 Å². The lowest BCUT2D eigenvalue weighted by atomic mass is 10.1. The maximum Gasteiger partial charge on any atom is 0.168 e. The number of rotatable bonds is 0. The van der Waals surface area contributed by atoms with Gasteiger partial charge in [-0.1, -0.05) is 11.6 Å². The van der Waals surface area contributed by atoms with Crippen molar-refractivity contribution in [2.45, 2.75) is 19.8 Å². The molecule has 0 saturated heterocycles. The lowest BCUT2D eigenvalue weighted by Gasteiger charge is -2.22. The van der Waals surface area contributed by atoms with Crippen LogP contribution in [-0.2, 0) is 12.8 Å². The van der Waals surface area contributed by atoms with Crippen molar-refractivity contribution in [3.05, 3.63) is 35.0 Å². The lowest BCUT2D eigenvalue weighted by molar-refractivity contribution is 0.434. The van der Waals surface area contributed by atoms with Gasteiger partial charge in [-0.25, -0.2) is 0 Å². The standard InChI is InChI=1S/C15H19N3S/c1-10-3-4-13-12(9-10)11-5-7-18(15(19)16-2)8-6-14(11)17-13/h3-4,9,17H,5-8H2,1-2H3,(H,16,19). The summed E-state index contributed by atoms with van der Waals surface area (Å²) in [5.74, 6) is 0. The highest BCUT2D eigenvalue weighted by molar-refractivity contribution is 7.80. The van der Waals surface area contributed by atoms with E-state index < -0.39 is 0 Å². The van der Waals surface area contributed by atoms with E-state index in [1.165, 1.54) is 27.7 Å². The molecular weight excluding hydrogens is 254 g/mol. The molecule has 0 spiro atoms. The molecule has 1 aromatic carbocycles. The van der Waals surface area contributed by atoms with E-state index in [2.05, 4.69) is 40.3 Å². The van der Waals surface area contributed by atoms with E-state index in [0.717, 1.165) is 31.0 Å². The average molecular weight is 273 g/mol. The third-order valence-corrected chi connectivity index (χ3v) is 4.38. The first-order valence-corrected chi connectivity index (χ1v) is 7.16. The highest BCUT2D eigenvalue weighted by atomic mass is 32.1. The van der Waals surface area contributed by atoms with Crippen LogP contribution in [0.4, 0.5) is 0 Å². The summed E-state index contributed by atoms with van der Waals surface area (Å²) in [7, 11) is 1.89. The Morgan fingerprint density at radius 3 is 2.89 bits per heavy atom. The number of H-pyrrole nitrogens is 1. The molecule has 0 radical (unpaired) electrons. The van der Waals surface area contributed by atoms with Gasteiger partial charge in [0.05, 0.1) is 0 Å². The fourth-order valence-corrected chi connectivity index (χ4v) is 3.07. The van der Waals surface area contributed by atoms with E-state index in [1.807, 2.05) is 7.05 Å². The number of hydrogen-bond donors (Lipinski definition) is 2. The number of aromatic amines is 1. The summed E-state index contributed by atoms with van der Waals surface area (Å²) in [5.41, 5.74) is 5.43. The molecule has 1 aliphatic rings. The van der Waals surface area contributed by atoms with Crippen LogP contribution < -0.4 is 5.32 Å². The Morgan fingerprint density at radius 1 is 1.32 bits per heavy atom. The predicted molar refractivity (Wildman–Crippen MR) is 83.7 cm³/mol. The molecule has 0 aliphatic carbocycles.